The van der Waals surface area contributed by atoms with Crippen LogP contribution in [0.15, 0.2) is 59.9 Å². The molecule has 0 aliphatic rings. The minimum Gasteiger partial charge on any atom is -0.265 e. The van der Waals surface area contributed by atoms with E-state index in [1.54, 1.807) is 24.8 Å². The van der Waals surface area contributed by atoms with Gasteiger partial charge in [-0.2, -0.15) is 0 Å². The van der Waals surface area contributed by atoms with Crippen LogP contribution in [0.1, 0.15) is 80.1 Å². The summed E-state index contributed by atoms with van der Waals surface area (Å²) < 4.78 is 0. The third-order valence-electron chi connectivity index (χ3n) is 3.31. The number of rotatable bonds is 8. The van der Waals surface area contributed by atoms with E-state index in [4.69, 9.17) is 0 Å². The van der Waals surface area contributed by atoms with Crippen molar-refractivity contribution in [3.05, 3.63) is 65.3 Å². The number of halogens is 3. The molecule has 0 spiro atoms. The van der Waals surface area contributed by atoms with Gasteiger partial charge in [-0.05, 0) is 50.6 Å². The Bertz CT molecular complexity index is 523. The average molecular weight is 953 g/mol. The van der Waals surface area contributed by atoms with Crippen molar-refractivity contribution in [3.63, 3.8) is 0 Å². The van der Waals surface area contributed by atoms with Crippen LogP contribution in [0.4, 0.5) is 0 Å². The zero-order chi connectivity index (χ0) is 28.0. The first-order valence-corrected chi connectivity index (χ1v) is 29.4. The first-order chi connectivity index (χ1) is 17.0. The molecule has 0 saturated heterocycles. The summed E-state index contributed by atoms with van der Waals surface area (Å²) in [6.07, 6.45) is 18.1. The van der Waals surface area contributed by atoms with Gasteiger partial charge >= 0.3 is 64.9 Å². The second kappa shape index (κ2) is 57.3. The molecule has 0 bridgehead atoms. The van der Waals surface area contributed by atoms with Crippen molar-refractivity contribution in [1.82, 2.24) is 9.97 Å². The molecule has 0 aromatic carbocycles. The number of H-pyrrole nitrogens is 1. The molecule has 0 saturated carbocycles. The van der Waals surface area contributed by atoms with Crippen molar-refractivity contribution in [2.24, 2.45) is 0 Å². The number of aromatic nitrogens is 2. The maximum Gasteiger partial charge on any atom is 0.0267 e. The molecule has 10 heteroatoms. The van der Waals surface area contributed by atoms with Gasteiger partial charge in [0.05, 0.1) is 0 Å². The molecular formula is C26H52I3N2OP2V2. The maximum atomic E-state index is 10.2. The van der Waals surface area contributed by atoms with Crippen LogP contribution in [-0.2, 0) is 23.5 Å². The van der Waals surface area contributed by atoms with E-state index in [1.807, 2.05) is 45.9 Å². The molecule has 0 aliphatic heterocycles. The normalized spacial score (nSPS) is 8.67. The van der Waals surface area contributed by atoms with Crippen molar-refractivity contribution >= 4 is 77.1 Å². The Morgan fingerprint density at radius 2 is 1.14 bits per heavy atom. The molecule has 0 aliphatic carbocycles. The summed E-state index contributed by atoms with van der Waals surface area (Å²) in [5.74, 6) is 0. The minimum atomic E-state index is -0.278. The molecule has 3 nitrogen and oxygen atoms in total. The van der Waals surface area contributed by atoms with E-state index >= 15 is 0 Å². The van der Waals surface area contributed by atoms with Crippen LogP contribution in [0.5, 0.6) is 0 Å². The van der Waals surface area contributed by atoms with Gasteiger partial charge in [-0.3, -0.25) is 9.78 Å². The van der Waals surface area contributed by atoms with Crippen molar-refractivity contribution in [1.29, 1.82) is 0 Å². The standard InChI is InChI=1S/2C6H15P.C5H5NO.C5H5N.2C2H6.3HI.2V/c2*1-3-4-5-6-7-2;7-5-1-3-6-4-2-5;1-2-4-6-5-3-1;2*1-2;;;;;/h2*7H,3-6H2,1-2H3;1-4H,(H,6,7);1-5H;2*1-2H3;3*1H;;/q;;;;;;;;;;+3/p-3. The SMILES string of the molecule is CC.CC.CCCCCPC.CCCCCPC.O=c1cc[nH]cc1.[I][V]([I])[I].[V].c1ccncc1. The second-order valence-corrected chi connectivity index (χ2v) is 43.9. The summed E-state index contributed by atoms with van der Waals surface area (Å²) in [4.78, 5) is 16.5. The fourth-order valence-electron chi connectivity index (χ4n) is 1.79. The van der Waals surface area contributed by atoms with Gasteiger partial charge in [-0.25, -0.2) is 0 Å². The smallest absolute Gasteiger partial charge is 0.0267 e. The fourth-order valence-corrected chi connectivity index (χ4v) is 2.99. The van der Waals surface area contributed by atoms with Crippen molar-refractivity contribution in [3.8, 4) is 0 Å². The Balaban J connectivity index is -0.0000000756. The second-order valence-electron chi connectivity index (χ2n) is 6.07. The number of aromatic amines is 1. The molecular weight excluding hydrogens is 901 g/mol. The molecule has 2 unspecified atom stereocenters. The van der Waals surface area contributed by atoms with Crippen LogP contribution in [0.25, 0.3) is 0 Å². The molecule has 213 valence electrons. The molecule has 1 radical (unpaired) electrons. The Morgan fingerprint density at radius 3 is 1.31 bits per heavy atom. The average Bonchev–Trinajstić information content (AvgIpc) is 2.89. The first kappa shape index (κ1) is 51.1. The molecule has 2 aromatic heterocycles. The summed E-state index contributed by atoms with van der Waals surface area (Å²) in [6, 6.07) is 8.66. The van der Waals surface area contributed by atoms with Gasteiger partial charge in [0, 0.05) is 55.5 Å². The molecule has 0 amide bonds. The molecule has 2 heterocycles. The topological polar surface area (TPSA) is 45.8 Å². The third kappa shape index (κ3) is 76.6. The van der Waals surface area contributed by atoms with Crippen LogP contribution in [0.3, 0.4) is 0 Å². The van der Waals surface area contributed by atoms with Crippen LogP contribution in [-0.4, -0.2) is 35.6 Å². The third-order valence-corrected chi connectivity index (χ3v) is 5.02. The Hall–Kier alpha value is 2.32. The number of hydrogen-bond donors (Lipinski definition) is 1. The molecule has 2 aromatic rings. The van der Waals surface area contributed by atoms with E-state index in [0.717, 1.165) is 0 Å². The molecule has 36 heavy (non-hydrogen) atoms. The molecule has 2 rings (SSSR count). The van der Waals surface area contributed by atoms with E-state index in [0.29, 0.717) is 0 Å². The van der Waals surface area contributed by atoms with Gasteiger partial charge in [-0.15, -0.1) is 17.2 Å². The van der Waals surface area contributed by atoms with Gasteiger partial charge in [-0.1, -0.05) is 73.3 Å². The molecule has 2 atom stereocenters. The van der Waals surface area contributed by atoms with Crippen LogP contribution >= 0.6 is 77.1 Å². The minimum absolute atomic E-state index is 0. The van der Waals surface area contributed by atoms with E-state index in [2.05, 4.69) is 97.1 Å². The number of pyridine rings is 2. The van der Waals surface area contributed by atoms with Crippen LogP contribution in [0, 0.1) is 0 Å². The van der Waals surface area contributed by atoms with Crippen molar-refractivity contribution in [2.75, 3.05) is 25.7 Å². The summed E-state index contributed by atoms with van der Waals surface area (Å²) in [5, 5.41) is 0. The summed E-state index contributed by atoms with van der Waals surface area (Å²) in [7, 11) is 2.34. The van der Waals surface area contributed by atoms with Gasteiger partial charge in [0.15, 0.2) is 5.43 Å². The van der Waals surface area contributed by atoms with Crippen LogP contribution in [0.2, 0.25) is 0 Å². The Labute approximate surface area is 278 Å². The first-order valence-electron chi connectivity index (χ1n) is 12.5. The van der Waals surface area contributed by atoms with E-state index in [9.17, 15) is 4.79 Å². The quantitative estimate of drug-likeness (QED) is 0.163. The van der Waals surface area contributed by atoms with Gasteiger partial charge in [0.1, 0.15) is 0 Å². The van der Waals surface area contributed by atoms with E-state index in [-0.39, 0.29) is 28.9 Å². The molecule has 1 N–H and O–H groups in total. The zero-order valence-corrected chi connectivity index (χ0v) is 35.0. The number of nitrogens with one attached hydrogen (secondary N) is 1. The Kier molecular flexibility index (Phi) is 81.3. The van der Waals surface area contributed by atoms with Crippen molar-refractivity contribution < 1.29 is 23.5 Å². The maximum absolute atomic E-state index is 10.2. The van der Waals surface area contributed by atoms with E-state index in [1.165, 1.54) is 80.1 Å². The molecule has 0 fully saturated rings. The number of hydrogen-bond acceptors (Lipinski definition) is 2. The van der Waals surface area contributed by atoms with Gasteiger partial charge in [0.25, 0.3) is 0 Å². The van der Waals surface area contributed by atoms with Gasteiger partial charge in [0.2, 0.25) is 0 Å². The largest absolute Gasteiger partial charge is 0.265 e. The number of unbranched alkanes of at least 4 members (excludes halogenated alkanes) is 4. The van der Waals surface area contributed by atoms with E-state index < -0.39 is 0 Å². The fraction of sp³-hybridized carbons (Fsp3) is 0.615. The summed E-state index contributed by atoms with van der Waals surface area (Å²) in [6.45, 7) is 17.0. The van der Waals surface area contributed by atoms with Gasteiger partial charge < -0.3 is 4.98 Å². The monoisotopic (exact) mass is 953 g/mol. The summed E-state index contributed by atoms with van der Waals surface area (Å²) >= 11 is 7.39. The van der Waals surface area contributed by atoms with Crippen LogP contribution < -0.4 is 5.43 Å². The zero-order valence-electron chi connectivity index (χ0n) is 23.7. The number of nitrogens with zero attached hydrogens (tertiary/aromatic N) is 1. The Morgan fingerprint density at radius 1 is 0.778 bits per heavy atom. The summed E-state index contributed by atoms with van der Waals surface area (Å²) in [5.41, 5.74) is 0.0405. The van der Waals surface area contributed by atoms with Crippen molar-refractivity contribution in [2.45, 2.75) is 80.1 Å². The predicted molar refractivity (Wildman–Crippen MR) is 193 cm³/mol. The predicted octanol–water partition coefficient (Wildman–Crippen LogP) is 11.1.